The molecule has 2 saturated heterocycles. The number of carbonyl (C=O) groups is 2. The normalized spacial score (nSPS) is 21.9. The minimum atomic E-state index is -0.466. The zero-order valence-corrected chi connectivity index (χ0v) is 12.9. The van der Waals surface area contributed by atoms with E-state index in [0.29, 0.717) is 0 Å². The van der Waals surface area contributed by atoms with Crippen LogP contribution in [0.5, 0.6) is 0 Å². The average molecular weight is 297 g/mol. The van der Waals surface area contributed by atoms with Crippen molar-refractivity contribution in [2.24, 2.45) is 0 Å². The van der Waals surface area contributed by atoms with Crippen LogP contribution >= 0.6 is 0 Å². The third kappa shape index (κ3) is 5.28. The van der Waals surface area contributed by atoms with E-state index in [9.17, 15) is 9.59 Å². The van der Waals surface area contributed by atoms with Gasteiger partial charge in [-0.1, -0.05) is 0 Å². The maximum Gasteiger partial charge on any atom is 0.246 e. The summed E-state index contributed by atoms with van der Waals surface area (Å²) in [4.78, 5) is 25.9. The van der Waals surface area contributed by atoms with Crippen LogP contribution in [0, 0.1) is 0 Å². The number of hydrogen-bond acceptors (Lipinski definition) is 4. The van der Waals surface area contributed by atoms with Crippen LogP contribution in [-0.4, -0.2) is 61.6 Å². The van der Waals surface area contributed by atoms with E-state index in [1.54, 1.807) is 6.92 Å². The van der Waals surface area contributed by atoms with E-state index in [-0.39, 0.29) is 24.5 Å². The molecule has 0 saturated carbocycles. The quantitative estimate of drug-likeness (QED) is 0.764. The van der Waals surface area contributed by atoms with Crippen LogP contribution in [0.3, 0.4) is 0 Å². The van der Waals surface area contributed by atoms with E-state index in [1.807, 2.05) is 4.90 Å². The van der Waals surface area contributed by atoms with Gasteiger partial charge in [0.2, 0.25) is 11.8 Å². The van der Waals surface area contributed by atoms with E-state index < -0.39 is 6.04 Å². The number of piperidine rings is 2. The molecule has 1 atom stereocenters. The summed E-state index contributed by atoms with van der Waals surface area (Å²) >= 11 is 0. The van der Waals surface area contributed by atoms with Gasteiger partial charge in [0.25, 0.3) is 0 Å². The van der Waals surface area contributed by atoms with Gasteiger partial charge in [-0.05, 0) is 52.1 Å². The van der Waals surface area contributed by atoms with Gasteiger partial charge in [0, 0.05) is 13.1 Å². The van der Waals surface area contributed by atoms with Crippen molar-refractivity contribution < 1.29 is 14.3 Å². The summed E-state index contributed by atoms with van der Waals surface area (Å²) in [6.45, 7) is 5.29. The number of nitrogens with one attached hydrogen (secondary N) is 2. The number of amides is 2. The molecule has 120 valence electrons. The van der Waals surface area contributed by atoms with Crippen molar-refractivity contribution in [1.29, 1.82) is 0 Å². The monoisotopic (exact) mass is 297 g/mol. The molecule has 0 aliphatic carbocycles. The van der Waals surface area contributed by atoms with Gasteiger partial charge in [-0.15, -0.1) is 0 Å². The molecule has 0 aromatic rings. The Hall–Kier alpha value is -1.14. The standard InChI is InChI=1S/C15H27N3O3/c1-12(15(20)18-9-3-2-4-10-18)17-14(19)11-21-13-5-7-16-8-6-13/h12-13,16H,2-11H2,1H3,(H,17,19). The fourth-order valence-electron chi connectivity index (χ4n) is 2.89. The molecule has 6 heteroatoms. The molecular weight excluding hydrogens is 270 g/mol. The molecule has 2 amide bonds. The van der Waals surface area contributed by atoms with Gasteiger partial charge >= 0.3 is 0 Å². The lowest BCUT2D eigenvalue weighted by molar-refractivity contribution is -0.138. The fourth-order valence-corrected chi connectivity index (χ4v) is 2.89. The highest BCUT2D eigenvalue weighted by molar-refractivity contribution is 5.87. The smallest absolute Gasteiger partial charge is 0.246 e. The van der Waals surface area contributed by atoms with Gasteiger partial charge in [0.15, 0.2) is 0 Å². The van der Waals surface area contributed by atoms with Crippen LogP contribution in [0.15, 0.2) is 0 Å². The fraction of sp³-hybridized carbons (Fsp3) is 0.867. The van der Waals surface area contributed by atoms with E-state index in [2.05, 4.69) is 10.6 Å². The molecule has 2 aliphatic rings. The number of carbonyl (C=O) groups excluding carboxylic acids is 2. The minimum absolute atomic E-state index is 0.0184. The highest BCUT2D eigenvalue weighted by Gasteiger charge is 2.23. The highest BCUT2D eigenvalue weighted by Crippen LogP contribution is 2.10. The largest absolute Gasteiger partial charge is 0.368 e. The maximum atomic E-state index is 12.2. The van der Waals surface area contributed by atoms with E-state index in [4.69, 9.17) is 4.74 Å². The SMILES string of the molecule is CC(NC(=O)COC1CCNCC1)C(=O)N1CCCCC1. The van der Waals surface area contributed by atoms with Crippen LogP contribution in [0.1, 0.15) is 39.0 Å². The number of ether oxygens (including phenoxy) is 1. The Morgan fingerprint density at radius 1 is 1.24 bits per heavy atom. The van der Waals surface area contributed by atoms with Crippen LogP contribution in [-0.2, 0) is 14.3 Å². The molecule has 21 heavy (non-hydrogen) atoms. The molecule has 2 N–H and O–H groups in total. The first kappa shape index (κ1) is 16.2. The summed E-state index contributed by atoms with van der Waals surface area (Å²) in [5, 5.41) is 6.00. The number of nitrogens with zero attached hydrogens (tertiary/aromatic N) is 1. The molecule has 2 aliphatic heterocycles. The van der Waals surface area contributed by atoms with Crippen LogP contribution in [0.2, 0.25) is 0 Å². The minimum Gasteiger partial charge on any atom is -0.368 e. The van der Waals surface area contributed by atoms with Gasteiger partial charge in [0.05, 0.1) is 6.10 Å². The first-order valence-corrected chi connectivity index (χ1v) is 8.07. The molecule has 6 nitrogen and oxygen atoms in total. The molecule has 2 fully saturated rings. The Kier molecular flexibility index (Phi) is 6.45. The van der Waals surface area contributed by atoms with Crippen molar-refractivity contribution in [1.82, 2.24) is 15.5 Å². The summed E-state index contributed by atoms with van der Waals surface area (Å²) in [7, 11) is 0. The Morgan fingerprint density at radius 3 is 2.57 bits per heavy atom. The Balaban J connectivity index is 1.67. The lowest BCUT2D eigenvalue weighted by atomic mass is 10.1. The van der Waals surface area contributed by atoms with Crippen LogP contribution < -0.4 is 10.6 Å². The summed E-state index contributed by atoms with van der Waals surface area (Å²) in [6, 6.07) is -0.466. The van der Waals surface area contributed by atoms with Gasteiger partial charge in [0.1, 0.15) is 12.6 Å². The molecule has 2 heterocycles. The van der Waals surface area contributed by atoms with Gasteiger partial charge < -0.3 is 20.3 Å². The summed E-state index contributed by atoms with van der Waals surface area (Å²) in [5.74, 6) is -0.184. The first-order chi connectivity index (χ1) is 10.2. The third-order valence-electron chi connectivity index (χ3n) is 4.15. The van der Waals surface area contributed by atoms with Gasteiger partial charge in [-0.3, -0.25) is 9.59 Å². The highest BCUT2D eigenvalue weighted by atomic mass is 16.5. The van der Waals surface area contributed by atoms with Crippen molar-refractivity contribution in [3.63, 3.8) is 0 Å². The summed E-state index contributed by atoms with van der Waals surface area (Å²) in [5.41, 5.74) is 0. The number of rotatable bonds is 5. The first-order valence-electron chi connectivity index (χ1n) is 8.07. The lowest BCUT2D eigenvalue weighted by Crippen LogP contribution is -2.49. The lowest BCUT2D eigenvalue weighted by Gasteiger charge is -2.29. The van der Waals surface area contributed by atoms with Crippen LogP contribution in [0.4, 0.5) is 0 Å². The van der Waals surface area contributed by atoms with Crippen molar-refractivity contribution in [3.05, 3.63) is 0 Å². The van der Waals surface area contributed by atoms with E-state index in [0.717, 1.165) is 51.9 Å². The molecule has 2 rings (SSSR count). The van der Waals surface area contributed by atoms with Crippen molar-refractivity contribution in [2.45, 2.75) is 51.2 Å². The van der Waals surface area contributed by atoms with Gasteiger partial charge in [-0.25, -0.2) is 0 Å². The average Bonchev–Trinajstić information content (AvgIpc) is 2.54. The van der Waals surface area contributed by atoms with Crippen LogP contribution in [0.25, 0.3) is 0 Å². The second-order valence-corrected chi connectivity index (χ2v) is 5.94. The van der Waals surface area contributed by atoms with Crippen molar-refractivity contribution >= 4 is 11.8 Å². The predicted molar refractivity (Wildman–Crippen MR) is 79.9 cm³/mol. The Bertz CT molecular complexity index is 350. The van der Waals surface area contributed by atoms with E-state index >= 15 is 0 Å². The molecule has 0 aromatic carbocycles. The Labute approximate surface area is 126 Å². The molecule has 0 bridgehead atoms. The number of hydrogen-bond donors (Lipinski definition) is 2. The summed E-state index contributed by atoms with van der Waals surface area (Å²) in [6.07, 6.45) is 5.35. The zero-order valence-electron chi connectivity index (χ0n) is 12.9. The van der Waals surface area contributed by atoms with E-state index in [1.165, 1.54) is 6.42 Å². The summed E-state index contributed by atoms with van der Waals surface area (Å²) < 4.78 is 5.59. The predicted octanol–water partition coefficient (Wildman–Crippen LogP) is 0.272. The molecular formula is C15H27N3O3. The molecule has 1 unspecified atom stereocenters. The number of likely N-dealkylation sites (tertiary alicyclic amines) is 1. The maximum absolute atomic E-state index is 12.2. The molecule has 0 aromatic heterocycles. The second-order valence-electron chi connectivity index (χ2n) is 5.94. The second kappa shape index (κ2) is 8.34. The molecule has 0 spiro atoms. The third-order valence-corrected chi connectivity index (χ3v) is 4.15. The van der Waals surface area contributed by atoms with Gasteiger partial charge in [-0.2, -0.15) is 0 Å². The van der Waals surface area contributed by atoms with Crippen molar-refractivity contribution in [2.75, 3.05) is 32.8 Å². The van der Waals surface area contributed by atoms with Crippen molar-refractivity contribution in [3.8, 4) is 0 Å². The molecule has 0 radical (unpaired) electrons. The zero-order chi connectivity index (χ0) is 15.1. The Morgan fingerprint density at radius 2 is 1.90 bits per heavy atom. The topological polar surface area (TPSA) is 70.7 Å².